The van der Waals surface area contributed by atoms with Gasteiger partial charge >= 0.3 is 0 Å². The largest absolute Gasteiger partial charge is 0.391 e. The second kappa shape index (κ2) is 7.44. The molecule has 27 heavy (non-hydrogen) atoms. The fourth-order valence-corrected chi connectivity index (χ4v) is 4.27. The third-order valence-corrected chi connectivity index (χ3v) is 5.65. The van der Waals surface area contributed by atoms with E-state index in [1.807, 2.05) is 36.8 Å². The lowest BCUT2D eigenvalue weighted by Crippen LogP contribution is -2.38. The molecule has 2 aromatic rings. The molecular weight excluding hydrogens is 342 g/mol. The smallest absolute Gasteiger partial charge is 0.134 e. The van der Waals surface area contributed by atoms with Crippen LogP contribution in [0.2, 0.25) is 0 Å². The molecule has 4 rings (SSSR count). The minimum absolute atomic E-state index is 0.214. The number of rotatable bonds is 6. The Labute approximate surface area is 160 Å². The number of aliphatic hydroxyl groups is 1. The van der Waals surface area contributed by atoms with Crippen LogP contribution in [-0.4, -0.2) is 64.2 Å². The first kappa shape index (κ1) is 18.2. The fraction of sp³-hybridized carbons (Fsp3) is 0.632. The lowest BCUT2D eigenvalue weighted by Gasteiger charge is -2.26. The summed E-state index contributed by atoms with van der Waals surface area (Å²) in [6, 6.07) is 2.20. The predicted molar refractivity (Wildman–Crippen MR) is 105 cm³/mol. The number of hydrogen-bond acceptors (Lipinski definition) is 7. The highest BCUT2D eigenvalue weighted by Gasteiger charge is 2.32. The third kappa shape index (κ3) is 3.64. The van der Waals surface area contributed by atoms with Crippen molar-refractivity contribution in [3.63, 3.8) is 0 Å². The zero-order valence-electron chi connectivity index (χ0n) is 16.4. The summed E-state index contributed by atoms with van der Waals surface area (Å²) in [5.74, 6) is 1.75. The van der Waals surface area contributed by atoms with Crippen LogP contribution in [0.4, 0.5) is 11.6 Å². The van der Waals surface area contributed by atoms with Crippen molar-refractivity contribution in [1.29, 1.82) is 0 Å². The van der Waals surface area contributed by atoms with E-state index in [1.54, 1.807) is 6.33 Å². The van der Waals surface area contributed by atoms with Gasteiger partial charge in [-0.25, -0.2) is 9.97 Å². The Balaban J connectivity index is 1.43. The van der Waals surface area contributed by atoms with Crippen molar-refractivity contribution in [2.45, 2.75) is 44.4 Å². The molecule has 0 aromatic carbocycles. The van der Waals surface area contributed by atoms with Crippen LogP contribution in [0.5, 0.6) is 0 Å². The van der Waals surface area contributed by atoms with Gasteiger partial charge in [0, 0.05) is 52.9 Å². The normalized spacial score (nSPS) is 21.7. The number of hydrogen-bond donors (Lipinski definition) is 2. The molecule has 1 saturated heterocycles. The molecule has 0 amide bonds. The lowest BCUT2D eigenvalue weighted by atomic mass is 10.1. The van der Waals surface area contributed by atoms with E-state index in [0.717, 1.165) is 44.0 Å². The van der Waals surface area contributed by atoms with Crippen molar-refractivity contribution in [3.8, 4) is 0 Å². The molecule has 2 N–H and O–H groups in total. The monoisotopic (exact) mass is 371 g/mol. The van der Waals surface area contributed by atoms with Gasteiger partial charge in [0.25, 0.3) is 0 Å². The molecule has 1 aliphatic heterocycles. The van der Waals surface area contributed by atoms with Gasteiger partial charge in [-0.2, -0.15) is 5.10 Å². The summed E-state index contributed by atoms with van der Waals surface area (Å²) in [4.78, 5) is 12.9. The molecule has 146 valence electrons. The minimum Gasteiger partial charge on any atom is -0.391 e. The topological polar surface area (TPSA) is 82.3 Å². The first-order valence-corrected chi connectivity index (χ1v) is 9.71. The van der Waals surface area contributed by atoms with E-state index in [9.17, 15) is 5.11 Å². The van der Waals surface area contributed by atoms with Gasteiger partial charge in [-0.15, -0.1) is 0 Å². The molecule has 0 bridgehead atoms. The molecule has 0 saturated carbocycles. The highest BCUT2D eigenvalue weighted by molar-refractivity contribution is 5.51. The van der Waals surface area contributed by atoms with E-state index in [-0.39, 0.29) is 12.1 Å². The van der Waals surface area contributed by atoms with Gasteiger partial charge < -0.3 is 20.2 Å². The maximum Gasteiger partial charge on any atom is 0.134 e. The van der Waals surface area contributed by atoms with E-state index >= 15 is 0 Å². The van der Waals surface area contributed by atoms with Crippen LogP contribution >= 0.6 is 0 Å². The number of nitrogens with zero attached hydrogens (tertiary/aromatic N) is 6. The van der Waals surface area contributed by atoms with Crippen LogP contribution in [0.1, 0.15) is 29.8 Å². The second-order valence-electron chi connectivity index (χ2n) is 7.80. The van der Waals surface area contributed by atoms with Crippen LogP contribution in [0, 0.1) is 0 Å². The van der Waals surface area contributed by atoms with Crippen molar-refractivity contribution in [1.82, 2.24) is 25.1 Å². The highest BCUT2D eigenvalue weighted by Crippen LogP contribution is 2.26. The number of β-amino-alcohol motifs (C(OH)–C–C–N with tert-alkyl or cyclic N) is 1. The zero-order valence-corrected chi connectivity index (χ0v) is 16.4. The summed E-state index contributed by atoms with van der Waals surface area (Å²) in [5, 5.41) is 18.5. The number of aryl methyl sites for hydroxylation is 2. The summed E-state index contributed by atoms with van der Waals surface area (Å²) >= 11 is 0. The maximum absolute atomic E-state index is 10.2. The highest BCUT2D eigenvalue weighted by atomic mass is 16.3. The van der Waals surface area contributed by atoms with E-state index in [2.05, 4.69) is 25.3 Å². The first-order valence-electron chi connectivity index (χ1n) is 9.71. The molecule has 2 atom stereocenters. The Kier molecular flexibility index (Phi) is 5.01. The molecule has 0 radical (unpaired) electrons. The SMILES string of the molecule is CN(C)c1cc(N2C[C@H](O)C[C@@H]2CNCc2c3c(nn2C)CCC3)ncn1. The Morgan fingerprint density at radius 3 is 2.96 bits per heavy atom. The van der Waals surface area contributed by atoms with E-state index in [4.69, 9.17) is 0 Å². The third-order valence-electron chi connectivity index (χ3n) is 5.65. The first-order chi connectivity index (χ1) is 13.0. The molecule has 2 aromatic heterocycles. The summed E-state index contributed by atoms with van der Waals surface area (Å²) in [7, 11) is 5.97. The Morgan fingerprint density at radius 2 is 2.15 bits per heavy atom. The number of nitrogens with one attached hydrogen (secondary N) is 1. The number of aliphatic hydroxyl groups excluding tert-OH is 1. The van der Waals surface area contributed by atoms with Gasteiger partial charge in [-0.3, -0.25) is 4.68 Å². The molecule has 1 aliphatic carbocycles. The fourth-order valence-electron chi connectivity index (χ4n) is 4.27. The van der Waals surface area contributed by atoms with E-state index in [1.165, 1.54) is 23.4 Å². The molecule has 0 unspecified atom stereocenters. The molecular formula is C19H29N7O. The average Bonchev–Trinajstić information content (AvgIpc) is 3.31. The maximum atomic E-state index is 10.2. The summed E-state index contributed by atoms with van der Waals surface area (Å²) in [6.07, 6.45) is 5.48. The quantitative estimate of drug-likeness (QED) is 0.765. The predicted octanol–water partition coefficient (Wildman–Crippen LogP) is 0.494. The van der Waals surface area contributed by atoms with E-state index < -0.39 is 0 Å². The van der Waals surface area contributed by atoms with Gasteiger partial charge in [0.15, 0.2) is 0 Å². The van der Waals surface area contributed by atoms with Crippen molar-refractivity contribution in [2.75, 3.05) is 37.0 Å². The van der Waals surface area contributed by atoms with Gasteiger partial charge in [0.1, 0.15) is 18.0 Å². The zero-order chi connectivity index (χ0) is 19.0. The van der Waals surface area contributed by atoms with Crippen LogP contribution in [0.25, 0.3) is 0 Å². The summed E-state index contributed by atoms with van der Waals surface area (Å²) in [5.41, 5.74) is 3.99. The van der Waals surface area contributed by atoms with Crippen molar-refractivity contribution >= 4 is 11.6 Å². The Bertz CT molecular complexity index is 803. The Morgan fingerprint density at radius 1 is 1.30 bits per heavy atom. The molecule has 3 heterocycles. The standard InChI is InChI=1S/C19H29N7O/c1-24(2)18-8-19(22-12-21-18)26-11-14(27)7-13(26)9-20-10-17-15-5-4-6-16(15)23-25(17)3/h8,12-14,20,27H,4-7,9-11H2,1-3H3/t13-,14-/m1/s1. The number of aromatic nitrogens is 4. The minimum atomic E-state index is -0.324. The van der Waals surface area contributed by atoms with Crippen LogP contribution in [0.3, 0.4) is 0 Å². The average molecular weight is 371 g/mol. The molecule has 8 nitrogen and oxygen atoms in total. The van der Waals surface area contributed by atoms with Crippen molar-refractivity contribution < 1.29 is 5.11 Å². The number of fused-ring (bicyclic) bond motifs is 1. The summed E-state index contributed by atoms with van der Waals surface area (Å²) < 4.78 is 2.02. The van der Waals surface area contributed by atoms with Crippen LogP contribution in [-0.2, 0) is 26.4 Å². The van der Waals surface area contributed by atoms with Gasteiger partial charge in [0.2, 0.25) is 0 Å². The van der Waals surface area contributed by atoms with Crippen LogP contribution < -0.4 is 15.1 Å². The lowest BCUT2D eigenvalue weighted by molar-refractivity contribution is 0.194. The van der Waals surface area contributed by atoms with Crippen molar-refractivity contribution in [2.24, 2.45) is 7.05 Å². The molecule has 1 fully saturated rings. The number of anilines is 2. The summed E-state index contributed by atoms with van der Waals surface area (Å²) in [6.45, 7) is 2.22. The van der Waals surface area contributed by atoms with E-state index in [0.29, 0.717) is 6.54 Å². The van der Waals surface area contributed by atoms with Gasteiger partial charge in [-0.05, 0) is 31.2 Å². The van der Waals surface area contributed by atoms with Crippen molar-refractivity contribution in [3.05, 3.63) is 29.3 Å². The molecule has 2 aliphatic rings. The molecule has 0 spiro atoms. The van der Waals surface area contributed by atoms with Crippen LogP contribution in [0.15, 0.2) is 12.4 Å². The Hall–Kier alpha value is -2.19. The second-order valence-corrected chi connectivity index (χ2v) is 7.80. The molecule has 8 heteroatoms. The van der Waals surface area contributed by atoms with Gasteiger partial charge in [-0.1, -0.05) is 0 Å². The van der Waals surface area contributed by atoms with Gasteiger partial charge in [0.05, 0.1) is 17.5 Å².